The van der Waals surface area contributed by atoms with Crippen molar-refractivity contribution in [3.63, 3.8) is 0 Å². The van der Waals surface area contributed by atoms with E-state index in [0.717, 1.165) is 12.1 Å². The van der Waals surface area contributed by atoms with E-state index in [-0.39, 0.29) is 12.5 Å². The van der Waals surface area contributed by atoms with E-state index in [2.05, 4.69) is 12.0 Å². The van der Waals surface area contributed by atoms with E-state index in [0.29, 0.717) is 5.69 Å². The summed E-state index contributed by atoms with van der Waals surface area (Å²) in [5.41, 5.74) is 8.25. The van der Waals surface area contributed by atoms with Crippen molar-refractivity contribution < 1.29 is 4.79 Å². The van der Waals surface area contributed by atoms with Crippen molar-refractivity contribution >= 4 is 17.3 Å². The van der Waals surface area contributed by atoms with Crippen molar-refractivity contribution in [3.8, 4) is 0 Å². The molecule has 100 valence electrons. The molecule has 2 aromatic rings. The van der Waals surface area contributed by atoms with Crippen molar-refractivity contribution in [3.05, 3.63) is 42.2 Å². The highest BCUT2D eigenvalue weighted by Crippen LogP contribution is 2.14. The summed E-state index contributed by atoms with van der Waals surface area (Å²) in [5.74, 6) is -0.0349. The van der Waals surface area contributed by atoms with Crippen LogP contribution in [0.15, 0.2) is 36.7 Å². The molecule has 0 unspecified atom stereocenters. The Labute approximate surface area is 112 Å². The minimum absolute atomic E-state index is 0.0349. The minimum Gasteiger partial charge on any atom is -0.396 e. The van der Waals surface area contributed by atoms with Gasteiger partial charge in [0, 0.05) is 18.9 Å². The van der Waals surface area contributed by atoms with Crippen LogP contribution in [0, 0.1) is 0 Å². The molecule has 2 rings (SSSR count). The quantitative estimate of drug-likeness (QED) is 0.907. The molecule has 0 saturated heterocycles. The number of hydrogen-bond donors (Lipinski definition) is 1. The van der Waals surface area contributed by atoms with Gasteiger partial charge in [0.15, 0.2) is 0 Å². The number of aromatic nitrogens is 2. The third-order valence-electron chi connectivity index (χ3n) is 3.06. The smallest absolute Gasteiger partial charge is 0.248 e. The van der Waals surface area contributed by atoms with Gasteiger partial charge in [0.1, 0.15) is 6.54 Å². The number of carbonyl (C=O) groups excluding carboxylic acids is 1. The third kappa shape index (κ3) is 3.13. The first-order valence-corrected chi connectivity index (χ1v) is 6.23. The van der Waals surface area contributed by atoms with Crippen molar-refractivity contribution in [2.24, 2.45) is 0 Å². The molecular weight excluding hydrogens is 240 g/mol. The van der Waals surface area contributed by atoms with Gasteiger partial charge in [0.2, 0.25) is 5.91 Å². The first-order chi connectivity index (χ1) is 9.10. The number of anilines is 2. The molecule has 2 N–H and O–H groups in total. The predicted octanol–water partition coefficient (Wildman–Crippen LogP) is 1.69. The average Bonchev–Trinajstić information content (AvgIpc) is 2.83. The Kier molecular flexibility index (Phi) is 3.85. The highest BCUT2D eigenvalue weighted by atomic mass is 16.2. The molecule has 5 heteroatoms. The fourth-order valence-electron chi connectivity index (χ4n) is 1.81. The van der Waals surface area contributed by atoms with Crippen LogP contribution in [0.3, 0.4) is 0 Å². The fraction of sp³-hybridized carbons (Fsp3) is 0.286. The molecule has 0 aliphatic heterocycles. The van der Waals surface area contributed by atoms with Gasteiger partial charge < -0.3 is 10.6 Å². The summed E-state index contributed by atoms with van der Waals surface area (Å²) in [7, 11) is 1.76. The average molecular weight is 258 g/mol. The van der Waals surface area contributed by atoms with Gasteiger partial charge in [-0.05, 0) is 24.1 Å². The maximum atomic E-state index is 12.1. The Morgan fingerprint density at radius 3 is 2.58 bits per heavy atom. The van der Waals surface area contributed by atoms with Crippen molar-refractivity contribution in [1.82, 2.24) is 9.78 Å². The SMILES string of the molecule is CCc1ccc(N(C)C(=O)Cn2cc(N)cn2)cc1. The van der Waals surface area contributed by atoms with Crippen molar-refractivity contribution in [1.29, 1.82) is 0 Å². The molecule has 0 bridgehead atoms. The van der Waals surface area contributed by atoms with Crippen LogP contribution in [0.5, 0.6) is 0 Å². The monoisotopic (exact) mass is 258 g/mol. The van der Waals surface area contributed by atoms with Gasteiger partial charge in [-0.1, -0.05) is 19.1 Å². The van der Waals surface area contributed by atoms with Crippen LogP contribution < -0.4 is 10.6 Å². The highest BCUT2D eigenvalue weighted by molar-refractivity contribution is 5.92. The van der Waals surface area contributed by atoms with Crippen LogP contribution in [-0.2, 0) is 17.8 Å². The Balaban J connectivity index is 2.05. The van der Waals surface area contributed by atoms with E-state index < -0.39 is 0 Å². The summed E-state index contributed by atoms with van der Waals surface area (Å²) in [4.78, 5) is 13.7. The molecule has 5 nitrogen and oxygen atoms in total. The molecule has 0 fully saturated rings. The number of nitrogens with two attached hydrogens (primary N) is 1. The Hall–Kier alpha value is -2.30. The van der Waals surface area contributed by atoms with Crippen molar-refractivity contribution in [2.75, 3.05) is 17.7 Å². The highest BCUT2D eigenvalue weighted by Gasteiger charge is 2.11. The normalized spacial score (nSPS) is 10.4. The van der Waals surface area contributed by atoms with Crippen LogP contribution in [0.25, 0.3) is 0 Å². The number of amides is 1. The Bertz CT molecular complexity index is 559. The molecule has 0 aliphatic carbocycles. The number of likely N-dealkylation sites (N-methyl/N-ethyl adjacent to an activating group) is 1. The van der Waals surface area contributed by atoms with Gasteiger partial charge >= 0.3 is 0 Å². The third-order valence-corrected chi connectivity index (χ3v) is 3.06. The van der Waals surface area contributed by atoms with Crippen LogP contribution in [0.2, 0.25) is 0 Å². The van der Waals surface area contributed by atoms with Gasteiger partial charge in [-0.15, -0.1) is 0 Å². The van der Waals surface area contributed by atoms with E-state index in [1.165, 1.54) is 16.4 Å². The predicted molar refractivity (Wildman–Crippen MR) is 75.9 cm³/mol. The molecular formula is C14H18N4O. The van der Waals surface area contributed by atoms with Crippen LogP contribution in [0.4, 0.5) is 11.4 Å². The summed E-state index contributed by atoms with van der Waals surface area (Å²) >= 11 is 0. The first-order valence-electron chi connectivity index (χ1n) is 6.23. The molecule has 1 heterocycles. The zero-order valence-electron chi connectivity index (χ0n) is 11.2. The van der Waals surface area contributed by atoms with Crippen LogP contribution >= 0.6 is 0 Å². The first kappa shape index (κ1) is 13.1. The zero-order chi connectivity index (χ0) is 13.8. The summed E-state index contributed by atoms with van der Waals surface area (Å²) in [6.07, 6.45) is 4.17. The number of nitrogen functional groups attached to an aromatic ring is 1. The maximum Gasteiger partial charge on any atom is 0.248 e. The largest absolute Gasteiger partial charge is 0.396 e. The molecule has 0 aliphatic rings. The van der Waals surface area contributed by atoms with E-state index in [9.17, 15) is 4.79 Å². The van der Waals surface area contributed by atoms with Crippen LogP contribution in [0.1, 0.15) is 12.5 Å². The zero-order valence-corrected chi connectivity index (χ0v) is 11.2. The summed E-state index contributed by atoms with van der Waals surface area (Å²) < 4.78 is 1.54. The molecule has 19 heavy (non-hydrogen) atoms. The summed E-state index contributed by atoms with van der Waals surface area (Å²) in [5, 5.41) is 4.00. The molecule has 0 radical (unpaired) electrons. The summed E-state index contributed by atoms with van der Waals surface area (Å²) in [6, 6.07) is 7.97. The number of carbonyl (C=O) groups is 1. The van der Waals surface area contributed by atoms with Gasteiger partial charge in [-0.3, -0.25) is 9.48 Å². The maximum absolute atomic E-state index is 12.1. The minimum atomic E-state index is -0.0349. The fourth-order valence-corrected chi connectivity index (χ4v) is 1.81. The molecule has 0 saturated carbocycles. The van der Waals surface area contributed by atoms with E-state index in [4.69, 9.17) is 5.73 Å². The van der Waals surface area contributed by atoms with Gasteiger partial charge in [0.25, 0.3) is 0 Å². The molecule has 1 amide bonds. The van der Waals surface area contributed by atoms with Gasteiger partial charge in [0.05, 0.1) is 11.9 Å². The molecule has 1 aromatic heterocycles. The number of benzene rings is 1. The second-order valence-corrected chi connectivity index (χ2v) is 4.44. The van der Waals surface area contributed by atoms with Crippen LogP contribution in [-0.4, -0.2) is 22.7 Å². The van der Waals surface area contributed by atoms with Gasteiger partial charge in [-0.2, -0.15) is 5.10 Å². The number of rotatable bonds is 4. The van der Waals surface area contributed by atoms with Gasteiger partial charge in [-0.25, -0.2) is 0 Å². The Morgan fingerprint density at radius 2 is 2.05 bits per heavy atom. The lowest BCUT2D eigenvalue weighted by molar-refractivity contribution is -0.119. The lowest BCUT2D eigenvalue weighted by Gasteiger charge is -2.17. The van der Waals surface area contributed by atoms with E-state index in [1.54, 1.807) is 18.1 Å². The second-order valence-electron chi connectivity index (χ2n) is 4.44. The van der Waals surface area contributed by atoms with E-state index >= 15 is 0 Å². The standard InChI is InChI=1S/C14H18N4O/c1-3-11-4-6-13(7-5-11)17(2)14(19)10-18-9-12(15)8-16-18/h4-9H,3,10,15H2,1-2H3. The topological polar surface area (TPSA) is 64.2 Å². The second kappa shape index (κ2) is 5.56. The molecule has 1 aromatic carbocycles. The summed E-state index contributed by atoms with van der Waals surface area (Å²) in [6.45, 7) is 2.29. The lowest BCUT2D eigenvalue weighted by atomic mass is 10.1. The molecule has 0 atom stereocenters. The number of aryl methyl sites for hydroxylation is 1. The van der Waals surface area contributed by atoms with Crippen molar-refractivity contribution in [2.45, 2.75) is 19.9 Å². The Morgan fingerprint density at radius 1 is 1.37 bits per heavy atom. The number of hydrogen-bond acceptors (Lipinski definition) is 3. The molecule has 0 spiro atoms. The van der Waals surface area contributed by atoms with E-state index in [1.807, 2.05) is 24.3 Å². The number of nitrogens with zero attached hydrogens (tertiary/aromatic N) is 3. The lowest BCUT2D eigenvalue weighted by Crippen LogP contribution is -2.30.